The third-order valence-electron chi connectivity index (χ3n) is 5.51. The van der Waals surface area contributed by atoms with Crippen molar-refractivity contribution in [3.63, 3.8) is 0 Å². The number of carbonyl (C=O) groups is 1. The van der Waals surface area contributed by atoms with Crippen LogP contribution in [0.1, 0.15) is 37.2 Å². The average molecular weight is 377 g/mol. The molecule has 4 nitrogen and oxygen atoms in total. The molecule has 0 bridgehead atoms. The number of anilines is 1. The minimum absolute atomic E-state index is 0.197. The Kier molecular flexibility index (Phi) is 5.29. The van der Waals surface area contributed by atoms with Gasteiger partial charge in [0.05, 0.1) is 19.0 Å². The molecular formula is C19H24N2O2S2. The highest BCUT2D eigenvalue weighted by molar-refractivity contribution is 8.23. The summed E-state index contributed by atoms with van der Waals surface area (Å²) in [5, 5.41) is 0. The lowest BCUT2D eigenvalue weighted by atomic mass is 9.82. The van der Waals surface area contributed by atoms with Crippen LogP contribution in [-0.2, 0) is 9.53 Å². The molecule has 3 aliphatic rings. The molecule has 134 valence electrons. The lowest BCUT2D eigenvalue weighted by Crippen LogP contribution is -2.42. The van der Waals surface area contributed by atoms with E-state index in [1.54, 1.807) is 0 Å². The fraction of sp³-hybridized carbons (Fsp3) is 0.579. The first-order valence-electron chi connectivity index (χ1n) is 9.16. The number of fused-ring (bicyclic) bond motifs is 3. The molecule has 2 unspecified atom stereocenters. The molecule has 6 heteroatoms. The molecule has 1 amide bonds. The van der Waals surface area contributed by atoms with Gasteiger partial charge in [-0.05, 0) is 24.5 Å². The number of nitrogens with zero attached hydrogens (tertiary/aromatic N) is 2. The van der Waals surface area contributed by atoms with E-state index in [0.29, 0.717) is 17.7 Å². The van der Waals surface area contributed by atoms with Gasteiger partial charge in [0.2, 0.25) is 5.91 Å². The lowest BCUT2D eigenvalue weighted by Gasteiger charge is -2.32. The molecule has 2 fully saturated rings. The molecular weight excluding hydrogens is 352 g/mol. The van der Waals surface area contributed by atoms with Gasteiger partial charge in [0.25, 0.3) is 0 Å². The van der Waals surface area contributed by atoms with Crippen molar-refractivity contribution in [1.82, 2.24) is 4.90 Å². The van der Waals surface area contributed by atoms with Crippen molar-refractivity contribution < 1.29 is 9.53 Å². The SMILES string of the molecule is O=C(CSC(=S)N1CCOCC1)N1c2ccccc2C2CCCCC21. The average Bonchev–Trinajstić information content (AvgIpc) is 3.01. The van der Waals surface area contributed by atoms with Crippen LogP contribution in [0.15, 0.2) is 24.3 Å². The first-order chi connectivity index (χ1) is 12.3. The molecule has 0 N–H and O–H groups in total. The second kappa shape index (κ2) is 7.64. The largest absolute Gasteiger partial charge is 0.378 e. The van der Waals surface area contributed by atoms with Crippen molar-refractivity contribution in [2.75, 3.05) is 37.0 Å². The first-order valence-corrected chi connectivity index (χ1v) is 10.6. The Morgan fingerprint density at radius 1 is 1.20 bits per heavy atom. The maximum Gasteiger partial charge on any atom is 0.237 e. The van der Waals surface area contributed by atoms with Crippen LogP contribution in [-0.4, -0.2) is 53.2 Å². The summed E-state index contributed by atoms with van der Waals surface area (Å²) < 4.78 is 6.19. The maximum absolute atomic E-state index is 13.1. The quantitative estimate of drug-likeness (QED) is 0.739. The zero-order chi connectivity index (χ0) is 17.2. The molecule has 4 rings (SSSR count). The highest BCUT2D eigenvalue weighted by Gasteiger charge is 2.42. The summed E-state index contributed by atoms with van der Waals surface area (Å²) in [6.07, 6.45) is 4.81. The van der Waals surface area contributed by atoms with E-state index in [2.05, 4.69) is 28.0 Å². The van der Waals surface area contributed by atoms with Crippen LogP contribution in [0, 0.1) is 0 Å². The van der Waals surface area contributed by atoms with Crippen LogP contribution in [0.3, 0.4) is 0 Å². The summed E-state index contributed by atoms with van der Waals surface area (Å²) in [4.78, 5) is 17.3. The normalized spacial score (nSPS) is 25.4. The number of benzene rings is 1. The fourth-order valence-corrected chi connectivity index (χ4v) is 5.44. The van der Waals surface area contributed by atoms with Crippen LogP contribution < -0.4 is 4.90 Å². The number of thiocarbonyl (C=S) groups is 1. The number of hydrogen-bond acceptors (Lipinski definition) is 4. The highest BCUT2D eigenvalue weighted by atomic mass is 32.2. The van der Waals surface area contributed by atoms with Gasteiger partial charge in [0.15, 0.2) is 0 Å². The Morgan fingerprint density at radius 3 is 2.80 bits per heavy atom. The van der Waals surface area contributed by atoms with Crippen molar-refractivity contribution in [3.8, 4) is 0 Å². The minimum atomic E-state index is 0.197. The van der Waals surface area contributed by atoms with Gasteiger partial charge in [-0.25, -0.2) is 0 Å². The molecule has 25 heavy (non-hydrogen) atoms. The van der Waals surface area contributed by atoms with Crippen LogP contribution >= 0.6 is 24.0 Å². The topological polar surface area (TPSA) is 32.8 Å². The predicted molar refractivity (Wildman–Crippen MR) is 106 cm³/mol. The molecule has 1 aromatic carbocycles. The van der Waals surface area contributed by atoms with Crippen LogP contribution in [0.4, 0.5) is 5.69 Å². The second-order valence-corrected chi connectivity index (χ2v) is 8.54. The van der Waals surface area contributed by atoms with E-state index < -0.39 is 0 Å². The second-order valence-electron chi connectivity index (χ2n) is 6.93. The molecule has 2 heterocycles. The van der Waals surface area contributed by atoms with E-state index in [9.17, 15) is 4.79 Å². The van der Waals surface area contributed by atoms with E-state index in [4.69, 9.17) is 17.0 Å². The molecule has 0 aromatic heterocycles. The zero-order valence-corrected chi connectivity index (χ0v) is 16.0. The zero-order valence-electron chi connectivity index (χ0n) is 14.4. The van der Waals surface area contributed by atoms with Crippen molar-refractivity contribution in [2.45, 2.75) is 37.6 Å². The van der Waals surface area contributed by atoms with Crippen LogP contribution in [0.25, 0.3) is 0 Å². The number of para-hydroxylation sites is 1. The number of ether oxygens (including phenoxy) is 1. The highest BCUT2D eigenvalue weighted by Crippen LogP contribution is 2.47. The third-order valence-corrected chi connectivity index (χ3v) is 7.02. The Hall–Kier alpha value is -1.11. The van der Waals surface area contributed by atoms with Crippen LogP contribution in [0.2, 0.25) is 0 Å². The Morgan fingerprint density at radius 2 is 1.96 bits per heavy atom. The fourth-order valence-electron chi connectivity index (χ4n) is 4.33. The summed E-state index contributed by atoms with van der Waals surface area (Å²) in [6.45, 7) is 3.10. The Labute approximate surface area is 158 Å². The van der Waals surface area contributed by atoms with E-state index >= 15 is 0 Å². The van der Waals surface area contributed by atoms with Crippen LogP contribution in [0.5, 0.6) is 0 Å². The molecule has 1 aliphatic carbocycles. The third kappa shape index (κ3) is 3.44. The molecule has 0 radical (unpaired) electrons. The van der Waals surface area contributed by atoms with Gasteiger partial charge in [0.1, 0.15) is 4.32 Å². The van der Waals surface area contributed by atoms with Crippen molar-refractivity contribution in [2.24, 2.45) is 0 Å². The van der Waals surface area contributed by atoms with Crippen molar-refractivity contribution in [1.29, 1.82) is 0 Å². The molecule has 1 saturated heterocycles. The van der Waals surface area contributed by atoms with E-state index in [1.165, 1.54) is 36.6 Å². The molecule has 2 aliphatic heterocycles. The number of hydrogen-bond donors (Lipinski definition) is 0. The summed E-state index contributed by atoms with van der Waals surface area (Å²) >= 11 is 7.03. The van der Waals surface area contributed by atoms with Gasteiger partial charge < -0.3 is 14.5 Å². The number of rotatable bonds is 2. The summed E-state index contributed by atoms with van der Waals surface area (Å²) in [5.74, 6) is 1.14. The van der Waals surface area contributed by atoms with Gasteiger partial charge in [-0.1, -0.05) is 55.0 Å². The summed E-state index contributed by atoms with van der Waals surface area (Å²) in [7, 11) is 0. The smallest absolute Gasteiger partial charge is 0.237 e. The minimum Gasteiger partial charge on any atom is -0.378 e. The monoisotopic (exact) mass is 376 g/mol. The van der Waals surface area contributed by atoms with E-state index in [0.717, 1.165) is 42.7 Å². The van der Waals surface area contributed by atoms with Gasteiger partial charge in [-0.3, -0.25) is 4.79 Å². The summed E-state index contributed by atoms with van der Waals surface area (Å²) in [5.41, 5.74) is 2.49. The number of morpholine rings is 1. The van der Waals surface area contributed by atoms with Crippen molar-refractivity contribution >= 4 is 39.9 Å². The standard InChI is InChI=1S/C19H24N2O2S2/c22-18(13-25-19(24)20-9-11-23-12-10-20)21-16-7-3-1-5-14(16)15-6-2-4-8-17(15)21/h1,3,5,7,15,17H,2,4,6,8-13H2. The molecule has 1 aromatic rings. The molecule has 0 spiro atoms. The number of thioether (sulfide) groups is 1. The molecule has 2 atom stereocenters. The summed E-state index contributed by atoms with van der Waals surface area (Å²) in [6, 6.07) is 8.80. The number of amides is 1. The van der Waals surface area contributed by atoms with Gasteiger partial charge in [-0.15, -0.1) is 0 Å². The number of carbonyl (C=O) groups excluding carboxylic acids is 1. The van der Waals surface area contributed by atoms with Gasteiger partial charge >= 0.3 is 0 Å². The molecule has 1 saturated carbocycles. The Balaban J connectivity index is 1.45. The van der Waals surface area contributed by atoms with E-state index in [1.807, 2.05) is 6.07 Å². The lowest BCUT2D eigenvalue weighted by molar-refractivity contribution is -0.116. The Bertz CT molecular complexity index is 661. The van der Waals surface area contributed by atoms with Crippen molar-refractivity contribution in [3.05, 3.63) is 29.8 Å². The first kappa shape index (κ1) is 17.3. The van der Waals surface area contributed by atoms with Gasteiger partial charge in [-0.2, -0.15) is 0 Å². The van der Waals surface area contributed by atoms with Gasteiger partial charge in [0, 0.05) is 30.7 Å². The predicted octanol–water partition coefficient (Wildman–Crippen LogP) is 3.41. The maximum atomic E-state index is 13.1. The van der Waals surface area contributed by atoms with E-state index in [-0.39, 0.29) is 5.91 Å².